The van der Waals surface area contributed by atoms with Gasteiger partial charge in [-0.05, 0) is 12.1 Å². The van der Waals surface area contributed by atoms with Crippen LogP contribution in [-0.2, 0) is 0 Å². The Morgan fingerprint density at radius 1 is 1.27 bits per heavy atom. The van der Waals surface area contributed by atoms with Crippen LogP contribution in [0.4, 0.5) is 8.78 Å². The van der Waals surface area contributed by atoms with Crippen molar-refractivity contribution in [3.05, 3.63) is 34.4 Å². The molecule has 1 aromatic carbocycles. The van der Waals surface area contributed by atoms with Crippen molar-refractivity contribution in [2.45, 2.75) is 12.2 Å². The first-order valence-corrected chi connectivity index (χ1v) is 4.56. The fourth-order valence-electron chi connectivity index (χ4n) is 1.14. The summed E-state index contributed by atoms with van der Waals surface area (Å²) in [5.74, 6) is -1.75. The molecule has 0 saturated heterocycles. The number of nitrogens with two attached hydrogens (primary N) is 1. The Morgan fingerprint density at radius 3 is 2.33 bits per heavy atom. The van der Waals surface area contributed by atoms with Gasteiger partial charge in [-0.15, -0.1) is 0 Å². The molecule has 84 valence electrons. The summed E-state index contributed by atoms with van der Waals surface area (Å²) in [7, 11) is 0. The molecular weight excluding hydrogens is 228 g/mol. The van der Waals surface area contributed by atoms with Crippen LogP contribution in [0, 0.1) is 11.6 Å². The first-order chi connectivity index (χ1) is 6.99. The summed E-state index contributed by atoms with van der Waals surface area (Å²) in [4.78, 5) is 0. The van der Waals surface area contributed by atoms with Crippen LogP contribution in [0.1, 0.15) is 11.7 Å². The number of benzene rings is 1. The summed E-state index contributed by atoms with van der Waals surface area (Å²) in [5.41, 5.74) is 4.60. The predicted octanol–water partition coefficient (Wildman–Crippen LogP) is 0.971. The Bertz CT molecular complexity index is 362. The molecule has 0 aliphatic carbocycles. The van der Waals surface area contributed by atoms with Gasteiger partial charge in [-0.2, -0.15) is 0 Å². The molecule has 4 N–H and O–H groups in total. The number of rotatable bonds is 3. The molecular formula is C9H10ClF2NO2. The van der Waals surface area contributed by atoms with E-state index in [1.165, 1.54) is 0 Å². The van der Waals surface area contributed by atoms with Gasteiger partial charge in [0.25, 0.3) is 0 Å². The quantitative estimate of drug-likeness (QED) is 0.687. The SMILES string of the molecule is NCC(O)C(O)c1c(F)ccc(F)c1Cl. The molecule has 0 bridgehead atoms. The number of aliphatic hydroxyl groups is 2. The van der Waals surface area contributed by atoms with E-state index in [9.17, 15) is 19.0 Å². The molecule has 0 amide bonds. The average molecular weight is 238 g/mol. The van der Waals surface area contributed by atoms with E-state index in [1.54, 1.807) is 0 Å². The molecule has 0 saturated carbocycles. The molecule has 0 aliphatic rings. The minimum atomic E-state index is -1.64. The van der Waals surface area contributed by atoms with Gasteiger partial charge in [0, 0.05) is 12.1 Å². The Kier molecular flexibility index (Phi) is 3.98. The number of hydrogen-bond donors (Lipinski definition) is 3. The molecule has 0 heterocycles. The van der Waals surface area contributed by atoms with E-state index in [-0.39, 0.29) is 6.54 Å². The molecule has 2 unspecified atom stereocenters. The lowest BCUT2D eigenvalue weighted by Crippen LogP contribution is -2.28. The molecule has 1 rings (SSSR count). The van der Waals surface area contributed by atoms with E-state index in [0.29, 0.717) is 0 Å². The van der Waals surface area contributed by atoms with E-state index in [0.717, 1.165) is 12.1 Å². The number of halogens is 3. The maximum absolute atomic E-state index is 13.2. The topological polar surface area (TPSA) is 66.5 Å². The maximum atomic E-state index is 13.2. The lowest BCUT2D eigenvalue weighted by Gasteiger charge is -2.18. The predicted molar refractivity (Wildman–Crippen MR) is 51.4 cm³/mol. The highest BCUT2D eigenvalue weighted by Gasteiger charge is 2.24. The molecule has 15 heavy (non-hydrogen) atoms. The molecule has 6 heteroatoms. The van der Waals surface area contributed by atoms with Gasteiger partial charge < -0.3 is 15.9 Å². The summed E-state index contributed by atoms with van der Waals surface area (Å²) in [5, 5.41) is 18.1. The van der Waals surface area contributed by atoms with Crippen LogP contribution in [0.5, 0.6) is 0 Å². The van der Waals surface area contributed by atoms with Gasteiger partial charge in [0.1, 0.15) is 17.7 Å². The van der Waals surface area contributed by atoms with Gasteiger partial charge in [0.15, 0.2) is 0 Å². The molecule has 0 spiro atoms. The summed E-state index contributed by atoms with van der Waals surface area (Å²) in [6.45, 7) is -0.284. The van der Waals surface area contributed by atoms with Crippen LogP contribution in [0.3, 0.4) is 0 Å². The van der Waals surface area contributed by atoms with Crippen LogP contribution in [0.2, 0.25) is 5.02 Å². The third kappa shape index (κ3) is 2.43. The minimum absolute atomic E-state index is 0.284. The Balaban J connectivity index is 3.18. The Morgan fingerprint density at radius 2 is 1.80 bits per heavy atom. The zero-order valence-electron chi connectivity index (χ0n) is 7.62. The molecule has 0 aromatic heterocycles. The zero-order valence-corrected chi connectivity index (χ0v) is 8.38. The van der Waals surface area contributed by atoms with Crippen molar-refractivity contribution in [1.82, 2.24) is 0 Å². The van der Waals surface area contributed by atoms with E-state index in [1.807, 2.05) is 0 Å². The van der Waals surface area contributed by atoms with E-state index in [2.05, 4.69) is 0 Å². The molecule has 2 atom stereocenters. The summed E-state index contributed by atoms with van der Waals surface area (Å²) < 4.78 is 26.2. The van der Waals surface area contributed by atoms with Gasteiger partial charge in [-0.3, -0.25) is 0 Å². The fraction of sp³-hybridized carbons (Fsp3) is 0.333. The normalized spacial score (nSPS) is 15.1. The molecule has 1 aromatic rings. The van der Waals surface area contributed by atoms with Crippen molar-refractivity contribution in [2.24, 2.45) is 5.73 Å². The summed E-state index contributed by atoms with van der Waals surface area (Å²) in [6, 6.07) is 1.66. The van der Waals surface area contributed by atoms with Gasteiger partial charge in [-0.25, -0.2) is 8.78 Å². The highest BCUT2D eigenvalue weighted by molar-refractivity contribution is 6.31. The second kappa shape index (κ2) is 4.85. The minimum Gasteiger partial charge on any atom is -0.389 e. The van der Waals surface area contributed by atoms with E-state index >= 15 is 0 Å². The van der Waals surface area contributed by atoms with E-state index in [4.69, 9.17) is 17.3 Å². The highest BCUT2D eigenvalue weighted by Crippen LogP contribution is 2.29. The van der Waals surface area contributed by atoms with Crippen molar-refractivity contribution >= 4 is 11.6 Å². The molecule has 0 radical (unpaired) electrons. The van der Waals surface area contributed by atoms with Crippen LogP contribution in [0.25, 0.3) is 0 Å². The van der Waals surface area contributed by atoms with Crippen LogP contribution in [0.15, 0.2) is 12.1 Å². The number of hydrogen-bond acceptors (Lipinski definition) is 3. The zero-order chi connectivity index (χ0) is 11.6. The fourth-order valence-corrected chi connectivity index (χ4v) is 1.40. The average Bonchev–Trinajstić information content (AvgIpc) is 2.22. The van der Waals surface area contributed by atoms with Gasteiger partial charge >= 0.3 is 0 Å². The van der Waals surface area contributed by atoms with E-state index < -0.39 is 34.4 Å². The van der Waals surface area contributed by atoms with Crippen LogP contribution >= 0.6 is 11.6 Å². The lowest BCUT2D eigenvalue weighted by molar-refractivity contribution is 0.0221. The second-order valence-corrected chi connectivity index (χ2v) is 3.38. The highest BCUT2D eigenvalue weighted by atomic mass is 35.5. The molecule has 0 fully saturated rings. The van der Waals surface area contributed by atoms with Gasteiger partial charge in [0.05, 0.1) is 11.1 Å². The largest absolute Gasteiger partial charge is 0.389 e. The van der Waals surface area contributed by atoms with Gasteiger partial charge in [0.2, 0.25) is 0 Å². The van der Waals surface area contributed by atoms with Crippen molar-refractivity contribution in [1.29, 1.82) is 0 Å². The van der Waals surface area contributed by atoms with Crippen molar-refractivity contribution in [2.75, 3.05) is 6.54 Å². The Hall–Kier alpha value is -0.750. The van der Waals surface area contributed by atoms with Gasteiger partial charge in [-0.1, -0.05) is 11.6 Å². The Labute approximate surface area is 90.1 Å². The third-order valence-corrected chi connectivity index (χ3v) is 2.37. The first kappa shape index (κ1) is 12.3. The summed E-state index contributed by atoms with van der Waals surface area (Å²) >= 11 is 5.47. The number of aliphatic hydroxyl groups excluding tert-OH is 2. The second-order valence-electron chi connectivity index (χ2n) is 3.00. The molecule has 0 aliphatic heterocycles. The maximum Gasteiger partial charge on any atom is 0.142 e. The van der Waals surface area contributed by atoms with Crippen molar-refractivity contribution < 1.29 is 19.0 Å². The van der Waals surface area contributed by atoms with Crippen molar-refractivity contribution in [3.8, 4) is 0 Å². The summed E-state index contributed by atoms with van der Waals surface area (Å²) in [6.07, 6.45) is -3.03. The van der Waals surface area contributed by atoms with Crippen LogP contribution in [-0.4, -0.2) is 22.9 Å². The molecule has 3 nitrogen and oxygen atoms in total. The smallest absolute Gasteiger partial charge is 0.142 e. The first-order valence-electron chi connectivity index (χ1n) is 4.18. The third-order valence-electron chi connectivity index (χ3n) is 1.98. The van der Waals surface area contributed by atoms with Crippen molar-refractivity contribution in [3.63, 3.8) is 0 Å². The lowest BCUT2D eigenvalue weighted by atomic mass is 10.0. The monoisotopic (exact) mass is 237 g/mol. The standard InChI is InChI=1S/C9H10ClF2NO2/c10-8-5(12)2-1-4(11)7(8)9(15)6(14)3-13/h1-2,6,9,14-15H,3,13H2. The van der Waals surface area contributed by atoms with Crippen LogP contribution < -0.4 is 5.73 Å².